The van der Waals surface area contributed by atoms with Gasteiger partial charge in [-0.15, -0.1) is 5.11 Å². The van der Waals surface area contributed by atoms with Crippen LogP contribution in [0.15, 0.2) is 45.9 Å². The zero-order chi connectivity index (χ0) is 13.8. The van der Waals surface area contributed by atoms with Crippen molar-refractivity contribution in [3.05, 3.63) is 35.7 Å². The van der Waals surface area contributed by atoms with Crippen molar-refractivity contribution in [1.29, 1.82) is 0 Å². The third-order valence-electron chi connectivity index (χ3n) is 2.27. The van der Waals surface area contributed by atoms with E-state index in [9.17, 15) is 4.79 Å². The molecule has 0 aromatic heterocycles. The SMILES string of the molecule is [B]N1CC(/C=C/C(C)(C)C)=C(N=N/C=C\C)C1=O. The Morgan fingerprint density at radius 1 is 1.39 bits per heavy atom. The van der Waals surface area contributed by atoms with Gasteiger partial charge in [-0.1, -0.05) is 39.0 Å². The van der Waals surface area contributed by atoms with E-state index in [1.165, 1.54) is 6.20 Å². The fourth-order valence-electron chi connectivity index (χ4n) is 1.35. The van der Waals surface area contributed by atoms with E-state index < -0.39 is 0 Å². The first-order valence-electron chi connectivity index (χ1n) is 5.86. The Balaban J connectivity index is 3.01. The van der Waals surface area contributed by atoms with Crippen molar-refractivity contribution in [1.82, 2.24) is 4.81 Å². The number of carbonyl (C=O) groups excluding carboxylic acids is 1. The van der Waals surface area contributed by atoms with Gasteiger partial charge < -0.3 is 4.81 Å². The van der Waals surface area contributed by atoms with Crippen LogP contribution in [0.2, 0.25) is 0 Å². The van der Waals surface area contributed by atoms with E-state index in [-0.39, 0.29) is 11.3 Å². The lowest BCUT2D eigenvalue weighted by molar-refractivity contribution is -0.121. The van der Waals surface area contributed by atoms with E-state index >= 15 is 0 Å². The average molecular weight is 243 g/mol. The molecule has 0 saturated heterocycles. The van der Waals surface area contributed by atoms with Gasteiger partial charge in [0, 0.05) is 18.3 Å². The molecule has 0 spiro atoms. The van der Waals surface area contributed by atoms with Crippen molar-refractivity contribution in [2.24, 2.45) is 15.6 Å². The topological polar surface area (TPSA) is 45.0 Å². The second-order valence-electron chi connectivity index (χ2n) is 5.20. The van der Waals surface area contributed by atoms with Crippen molar-refractivity contribution in [2.45, 2.75) is 27.7 Å². The Kier molecular flexibility index (Phi) is 4.65. The van der Waals surface area contributed by atoms with Crippen molar-refractivity contribution < 1.29 is 4.79 Å². The molecule has 2 radical (unpaired) electrons. The van der Waals surface area contributed by atoms with Gasteiger partial charge in [0.1, 0.15) is 0 Å². The predicted molar refractivity (Wildman–Crippen MR) is 72.8 cm³/mol. The van der Waals surface area contributed by atoms with Crippen molar-refractivity contribution in [2.75, 3.05) is 6.54 Å². The highest BCUT2D eigenvalue weighted by Crippen LogP contribution is 2.23. The molecule has 0 saturated carbocycles. The lowest BCUT2D eigenvalue weighted by Crippen LogP contribution is -2.23. The van der Waals surface area contributed by atoms with Crippen molar-refractivity contribution >= 4 is 13.9 Å². The summed E-state index contributed by atoms with van der Waals surface area (Å²) in [5.41, 5.74) is 1.16. The van der Waals surface area contributed by atoms with Crippen LogP contribution in [-0.2, 0) is 4.79 Å². The molecule has 0 N–H and O–H groups in total. The summed E-state index contributed by atoms with van der Waals surface area (Å²) in [4.78, 5) is 12.9. The number of hydrogen-bond donors (Lipinski definition) is 0. The van der Waals surface area contributed by atoms with Gasteiger partial charge in [0.05, 0.1) is 0 Å². The fraction of sp³-hybridized carbons (Fsp3) is 0.462. The number of amides is 1. The van der Waals surface area contributed by atoms with Gasteiger partial charge in [0.15, 0.2) is 5.70 Å². The minimum absolute atomic E-state index is 0.0453. The quantitative estimate of drug-likeness (QED) is 0.555. The molecule has 0 aromatic rings. The molecular weight excluding hydrogens is 225 g/mol. The van der Waals surface area contributed by atoms with Gasteiger partial charge in [0.25, 0.3) is 5.91 Å². The minimum Gasteiger partial charge on any atom is -0.387 e. The number of carbonyl (C=O) groups is 1. The molecule has 0 fully saturated rings. The highest BCUT2D eigenvalue weighted by Gasteiger charge is 2.26. The van der Waals surface area contributed by atoms with Crippen LogP contribution in [0.5, 0.6) is 0 Å². The summed E-state index contributed by atoms with van der Waals surface area (Å²) in [7, 11) is 5.59. The van der Waals surface area contributed by atoms with Crippen LogP contribution in [0.3, 0.4) is 0 Å². The average Bonchev–Trinajstić information content (AvgIpc) is 2.53. The van der Waals surface area contributed by atoms with Gasteiger partial charge in [-0.3, -0.25) is 4.79 Å². The molecular formula is C13H18BN3O. The second-order valence-corrected chi connectivity index (χ2v) is 5.20. The largest absolute Gasteiger partial charge is 0.387 e. The first-order valence-corrected chi connectivity index (χ1v) is 5.86. The second kappa shape index (κ2) is 5.80. The highest BCUT2D eigenvalue weighted by molar-refractivity contribution is 6.19. The van der Waals surface area contributed by atoms with Crippen molar-refractivity contribution in [3.63, 3.8) is 0 Å². The lowest BCUT2D eigenvalue weighted by Gasteiger charge is -2.11. The Hall–Kier alpha value is -1.65. The molecule has 1 aliphatic heterocycles. The molecule has 5 heteroatoms. The molecule has 1 heterocycles. The van der Waals surface area contributed by atoms with E-state index in [0.29, 0.717) is 12.2 Å². The highest BCUT2D eigenvalue weighted by atomic mass is 16.2. The van der Waals surface area contributed by atoms with Crippen LogP contribution in [0, 0.1) is 5.41 Å². The first kappa shape index (κ1) is 14.4. The third-order valence-corrected chi connectivity index (χ3v) is 2.27. The van der Waals surface area contributed by atoms with E-state index in [2.05, 4.69) is 31.0 Å². The standard InChI is InChI=1S/C13H18BN3O/c1-5-8-15-16-11-10(6-7-13(2,3)4)9-17(14)12(11)18/h5-8H,9H2,1-4H3/b7-6+,8-5-,16-15?. The predicted octanol–water partition coefficient (Wildman–Crippen LogP) is 2.75. The third kappa shape index (κ3) is 3.98. The Morgan fingerprint density at radius 2 is 2.06 bits per heavy atom. The Morgan fingerprint density at radius 3 is 2.61 bits per heavy atom. The molecule has 0 atom stereocenters. The lowest BCUT2D eigenvalue weighted by atomic mass is 9.95. The molecule has 0 aliphatic carbocycles. The van der Waals surface area contributed by atoms with Crippen LogP contribution in [0.4, 0.5) is 0 Å². The van der Waals surface area contributed by atoms with Crippen LogP contribution in [0.25, 0.3) is 0 Å². The zero-order valence-electron chi connectivity index (χ0n) is 11.3. The summed E-state index contributed by atoms with van der Waals surface area (Å²) >= 11 is 0. The van der Waals surface area contributed by atoms with E-state index in [0.717, 1.165) is 10.4 Å². The van der Waals surface area contributed by atoms with Gasteiger partial charge >= 0.3 is 0 Å². The van der Waals surface area contributed by atoms with Gasteiger partial charge in [-0.25, -0.2) is 0 Å². The summed E-state index contributed by atoms with van der Waals surface area (Å²) in [6.45, 7) is 8.46. The molecule has 1 amide bonds. The maximum absolute atomic E-state index is 11.8. The van der Waals surface area contributed by atoms with Crippen LogP contribution in [0.1, 0.15) is 27.7 Å². The van der Waals surface area contributed by atoms with E-state index in [1.807, 2.05) is 19.1 Å². The van der Waals surface area contributed by atoms with Crippen LogP contribution < -0.4 is 0 Å². The Labute approximate surface area is 110 Å². The zero-order valence-corrected chi connectivity index (χ0v) is 11.3. The summed E-state index contributed by atoms with van der Waals surface area (Å²) in [5.74, 6) is -0.295. The molecule has 1 aliphatic rings. The smallest absolute Gasteiger partial charge is 0.262 e. The number of azo groups is 1. The number of rotatable bonds is 3. The number of hydrogen-bond acceptors (Lipinski definition) is 3. The van der Waals surface area contributed by atoms with Gasteiger partial charge in [-0.05, 0) is 12.3 Å². The van der Waals surface area contributed by atoms with Crippen molar-refractivity contribution in [3.8, 4) is 0 Å². The monoisotopic (exact) mass is 243 g/mol. The van der Waals surface area contributed by atoms with Gasteiger partial charge in [-0.2, -0.15) is 5.11 Å². The maximum atomic E-state index is 11.8. The Bertz CT molecular complexity index is 442. The molecule has 18 heavy (non-hydrogen) atoms. The fourth-order valence-corrected chi connectivity index (χ4v) is 1.35. The van der Waals surface area contributed by atoms with Crippen LogP contribution in [-0.4, -0.2) is 25.2 Å². The van der Waals surface area contributed by atoms with E-state index in [1.54, 1.807) is 6.08 Å². The van der Waals surface area contributed by atoms with Crippen LogP contribution >= 0.6 is 0 Å². The summed E-state index contributed by atoms with van der Waals surface area (Å²) < 4.78 is 0. The number of nitrogens with zero attached hydrogens (tertiary/aromatic N) is 3. The first-order chi connectivity index (χ1) is 8.35. The molecule has 0 unspecified atom stereocenters. The normalized spacial score (nSPS) is 18.2. The summed E-state index contributed by atoms with van der Waals surface area (Å²) in [6, 6.07) is 0. The molecule has 94 valence electrons. The van der Waals surface area contributed by atoms with E-state index in [4.69, 9.17) is 7.98 Å². The summed E-state index contributed by atoms with van der Waals surface area (Å²) in [6.07, 6.45) is 7.20. The molecule has 4 nitrogen and oxygen atoms in total. The molecule has 0 aromatic carbocycles. The maximum Gasteiger partial charge on any atom is 0.262 e. The van der Waals surface area contributed by atoms with Gasteiger partial charge in [0.2, 0.25) is 7.98 Å². The molecule has 0 bridgehead atoms. The minimum atomic E-state index is -0.295. The summed E-state index contributed by atoms with van der Waals surface area (Å²) in [5, 5.41) is 7.72. The number of allylic oxidation sites excluding steroid dienone is 2. The molecule has 1 rings (SSSR count).